The molecule has 2 aromatic rings. The Hall–Kier alpha value is -2.73. The Morgan fingerprint density at radius 2 is 2.00 bits per heavy atom. The highest BCUT2D eigenvalue weighted by Gasteiger charge is 2.42. The molecule has 1 fully saturated rings. The Morgan fingerprint density at radius 1 is 1.15 bits per heavy atom. The molecule has 140 valence electrons. The molecule has 1 saturated carbocycles. The maximum absolute atomic E-state index is 12.8. The molecule has 1 aromatic carbocycles. The van der Waals surface area contributed by atoms with Crippen molar-refractivity contribution in [2.24, 2.45) is 5.92 Å². The van der Waals surface area contributed by atoms with Crippen molar-refractivity contribution >= 4 is 23.4 Å². The van der Waals surface area contributed by atoms with Gasteiger partial charge in [0.15, 0.2) is 0 Å². The lowest BCUT2D eigenvalue weighted by molar-refractivity contribution is -0.132. The van der Waals surface area contributed by atoms with E-state index in [9.17, 15) is 9.59 Å². The quantitative estimate of drug-likeness (QED) is 0.732. The van der Waals surface area contributed by atoms with E-state index in [1.165, 1.54) is 12.5 Å². The summed E-state index contributed by atoms with van der Waals surface area (Å²) in [5.41, 5.74) is 0. The lowest BCUT2D eigenvalue weighted by atomic mass is 9.80. The minimum atomic E-state index is -0.510. The normalized spacial score (nSPS) is 24.4. The number of esters is 1. The summed E-state index contributed by atoms with van der Waals surface area (Å²) < 4.78 is 21.9. The van der Waals surface area contributed by atoms with E-state index in [0.29, 0.717) is 30.0 Å². The van der Waals surface area contributed by atoms with E-state index in [2.05, 4.69) is 0 Å². The first-order valence-electron chi connectivity index (χ1n) is 8.68. The van der Waals surface area contributed by atoms with Crippen molar-refractivity contribution in [3.05, 3.63) is 65.5 Å². The third-order valence-electron chi connectivity index (χ3n) is 4.73. The predicted octanol–water partition coefficient (Wildman–Crippen LogP) is 4.15. The van der Waals surface area contributed by atoms with Crippen molar-refractivity contribution in [3.63, 3.8) is 0 Å². The monoisotopic (exact) mass is 388 g/mol. The van der Waals surface area contributed by atoms with E-state index >= 15 is 0 Å². The van der Waals surface area contributed by atoms with Crippen LogP contribution in [0.3, 0.4) is 0 Å². The number of para-hydroxylation sites is 1. The van der Waals surface area contributed by atoms with Crippen LogP contribution in [0.25, 0.3) is 0 Å². The van der Waals surface area contributed by atoms with Crippen molar-refractivity contribution in [2.45, 2.75) is 31.5 Å². The average Bonchev–Trinajstić information content (AvgIpc) is 3.21. The molecule has 1 aromatic heterocycles. The highest BCUT2D eigenvalue weighted by atomic mass is 35.5. The summed E-state index contributed by atoms with van der Waals surface area (Å²) in [4.78, 5) is 24.8. The molecular formula is C20H17ClO6. The van der Waals surface area contributed by atoms with Gasteiger partial charge in [-0.05, 0) is 37.1 Å². The molecule has 4 rings (SSSR count). The van der Waals surface area contributed by atoms with Crippen LogP contribution in [0.5, 0.6) is 5.75 Å². The van der Waals surface area contributed by atoms with Crippen LogP contribution in [0.4, 0.5) is 0 Å². The smallest absolute Gasteiger partial charge is 0.374 e. The van der Waals surface area contributed by atoms with Crippen LogP contribution in [0.1, 0.15) is 29.8 Å². The summed E-state index contributed by atoms with van der Waals surface area (Å²) in [6, 6.07) is 10.1. The number of halogens is 1. The summed E-state index contributed by atoms with van der Waals surface area (Å²) in [5.74, 6) is -0.262. The molecule has 27 heavy (non-hydrogen) atoms. The third-order valence-corrected chi connectivity index (χ3v) is 5.04. The number of benzene rings is 1. The molecule has 2 aliphatic rings. The zero-order valence-electron chi connectivity index (χ0n) is 14.3. The largest absolute Gasteiger partial charge is 0.493 e. The van der Waals surface area contributed by atoms with Crippen LogP contribution in [-0.4, -0.2) is 24.0 Å². The van der Waals surface area contributed by atoms with E-state index in [4.69, 9.17) is 30.2 Å². The second-order valence-corrected chi connectivity index (χ2v) is 6.88. The van der Waals surface area contributed by atoms with Gasteiger partial charge < -0.3 is 18.6 Å². The van der Waals surface area contributed by atoms with Crippen LogP contribution in [-0.2, 0) is 14.3 Å². The van der Waals surface area contributed by atoms with Crippen molar-refractivity contribution in [3.8, 4) is 5.75 Å². The van der Waals surface area contributed by atoms with Crippen LogP contribution < -0.4 is 4.74 Å². The number of hydrogen-bond donors (Lipinski definition) is 0. The number of ether oxygens (including phenoxy) is 3. The van der Waals surface area contributed by atoms with Crippen LogP contribution in [0, 0.1) is 5.92 Å². The summed E-state index contributed by atoms with van der Waals surface area (Å²) in [7, 11) is 0. The molecule has 0 spiro atoms. The minimum Gasteiger partial charge on any atom is -0.493 e. The fraction of sp³-hybridized carbons (Fsp3) is 0.300. The van der Waals surface area contributed by atoms with Crippen LogP contribution >= 0.6 is 11.6 Å². The van der Waals surface area contributed by atoms with Gasteiger partial charge in [0.1, 0.15) is 24.2 Å². The van der Waals surface area contributed by atoms with Gasteiger partial charge >= 0.3 is 5.97 Å². The van der Waals surface area contributed by atoms with E-state index in [0.717, 1.165) is 0 Å². The van der Waals surface area contributed by atoms with Crippen LogP contribution in [0.2, 0.25) is 5.02 Å². The number of Topliss-reactive ketones (excluding diaryl/α,β-unsaturated/α-hetero) is 1. The molecule has 0 bridgehead atoms. The van der Waals surface area contributed by atoms with E-state index in [1.54, 1.807) is 36.4 Å². The average molecular weight is 389 g/mol. The first-order chi connectivity index (χ1) is 13.1. The Labute approximate surface area is 160 Å². The van der Waals surface area contributed by atoms with E-state index in [-0.39, 0.29) is 35.4 Å². The molecule has 6 nitrogen and oxygen atoms in total. The molecule has 0 saturated heterocycles. The summed E-state index contributed by atoms with van der Waals surface area (Å²) >= 11 is 6.08. The lowest BCUT2D eigenvalue weighted by Gasteiger charge is -2.36. The fourth-order valence-electron chi connectivity index (χ4n) is 3.36. The number of carbonyl (C=O) groups excluding carboxylic acids is 2. The maximum Gasteiger partial charge on any atom is 0.374 e. The minimum absolute atomic E-state index is 0.123. The third kappa shape index (κ3) is 3.71. The van der Waals surface area contributed by atoms with Crippen molar-refractivity contribution in [1.29, 1.82) is 0 Å². The Morgan fingerprint density at radius 3 is 2.78 bits per heavy atom. The fourth-order valence-corrected chi connectivity index (χ4v) is 3.54. The number of furan rings is 1. The van der Waals surface area contributed by atoms with E-state index < -0.39 is 5.97 Å². The van der Waals surface area contributed by atoms with Crippen molar-refractivity contribution < 1.29 is 28.2 Å². The molecule has 0 amide bonds. The second kappa shape index (κ2) is 7.48. The Bertz CT molecular complexity index is 872. The maximum atomic E-state index is 12.8. The number of rotatable bonds is 4. The number of carbonyl (C=O) groups is 2. The van der Waals surface area contributed by atoms with Gasteiger partial charge in [0, 0.05) is 6.42 Å². The van der Waals surface area contributed by atoms with Gasteiger partial charge in [-0.25, -0.2) is 4.79 Å². The number of hydrogen-bond acceptors (Lipinski definition) is 6. The second-order valence-electron chi connectivity index (χ2n) is 6.48. The van der Waals surface area contributed by atoms with Crippen LogP contribution in [0.15, 0.2) is 59.1 Å². The summed E-state index contributed by atoms with van der Waals surface area (Å²) in [6.07, 6.45) is 3.63. The Kier molecular flexibility index (Phi) is 4.90. The molecule has 7 heteroatoms. The summed E-state index contributed by atoms with van der Waals surface area (Å²) in [5, 5.41) is 0.418. The Balaban J connectivity index is 1.40. The van der Waals surface area contributed by atoms with Gasteiger partial charge in [0.05, 0.1) is 17.2 Å². The molecule has 3 atom stereocenters. The zero-order valence-corrected chi connectivity index (χ0v) is 15.1. The van der Waals surface area contributed by atoms with E-state index in [1.807, 2.05) is 0 Å². The number of allylic oxidation sites excluding steroid dienone is 1. The van der Waals surface area contributed by atoms with Gasteiger partial charge in [-0.15, -0.1) is 0 Å². The molecule has 3 unspecified atom stereocenters. The summed E-state index contributed by atoms with van der Waals surface area (Å²) in [6.45, 7) is 0. The molecule has 1 aliphatic carbocycles. The standard InChI is InChI=1S/C20H17ClO6/c21-14-4-1-2-5-15(14)27-18-11-25-17-10-12(7-8-13(17)19(18)22)26-20(23)16-6-3-9-24-16/h1-6,9,11-13,17H,7-8,10H2. The lowest BCUT2D eigenvalue weighted by Crippen LogP contribution is -2.43. The molecule has 0 radical (unpaired) electrons. The van der Waals surface area contributed by atoms with Gasteiger partial charge in [-0.3, -0.25) is 4.79 Å². The SMILES string of the molecule is O=C(OC1CCC2C(=O)C(Oc3ccccc3Cl)=COC2C1)c1ccco1. The predicted molar refractivity (Wildman–Crippen MR) is 95.3 cm³/mol. The van der Waals surface area contributed by atoms with Gasteiger partial charge in [-0.1, -0.05) is 23.7 Å². The highest BCUT2D eigenvalue weighted by Crippen LogP contribution is 2.36. The molecule has 0 N–H and O–H groups in total. The first-order valence-corrected chi connectivity index (χ1v) is 9.06. The number of fused-ring (bicyclic) bond motifs is 1. The zero-order chi connectivity index (χ0) is 18.8. The number of ketones is 1. The highest BCUT2D eigenvalue weighted by molar-refractivity contribution is 6.32. The topological polar surface area (TPSA) is 75.0 Å². The molecular weight excluding hydrogens is 372 g/mol. The van der Waals surface area contributed by atoms with Gasteiger partial charge in [-0.2, -0.15) is 0 Å². The first kappa shape index (κ1) is 17.7. The van der Waals surface area contributed by atoms with Gasteiger partial charge in [0.2, 0.25) is 17.3 Å². The van der Waals surface area contributed by atoms with Crippen molar-refractivity contribution in [1.82, 2.24) is 0 Å². The molecule has 1 aliphatic heterocycles. The molecule has 2 heterocycles. The van der Waals surface area contributed by atoms with Gasteiger partial charge in [0.25, 0.3) is 0 Å². The van der Waals surface area contributed by atoms with Crippen molar-refractivity contribution in [2.75, 3.05) is 0 Å².